The van der Waals surface area contributed by atoms with Gasteiger partial charge in [0.1, 0.15) is 5.76 Å². The molecule has 0 amide bonds. The lowest BCUT2D eigenvalue weighted by Gasteiger charge is -1.94. The van der Waals surface area contributed by atoms with Gasteiger partial charge in [0, 0.05) is 18.4 Å². The molecule has 0 aliphatic rings. The Morgan fingerprint density at radius 3 is 3.08 bits per heavy atom. The Balaban J connectivity index is 2.15. The van der Waals surface area contributed by atoms with Crippen molar-refractivity contribution in [2.45, 2.75) is 19.1 Å². The van der Waals surface area contributed by atoms with Crippen molar-refractivity contribution in [1.29, 1.82) is 0 Å². The summed E-state index contributed by atoms with van der Waals surface area (Å²) in [4.78, 5) is 0. The van der Waals surface area contributed by atoms with E-state index in [4.69, 9.17) is 9.63 Å². The maximum atomic E-state index is 8.52. The molecule has 0 unspecified atom stereocenters. The van der Waals surface area contributed by atoms with Crippen molar-refractivity contribution < 1.29 is 9.63 Å². The summed E-state index contributed by atoms with van der Waals surface area (Å²) in [6.45, 7) is 2.15. The van der Waals surface area contributed by atoms with Crippen molar-refractivity contribution >= 4 is 11.8 Å². The standard InChI is InChI=1S/C8H13NO2S/c1-7-5-8(9-11-7)6-12-4-2-3-10/h5,10H,2-4,6H2,1H3. The minimum absolute atomic E-state index is 0.269. The Morgan fingerprint density at radius 2 is 2.50 bits per heavy atom. The average Bonchev–Trinajstić information content (AvgIpc) is 2.45. The quantitative estimate of drug-likeness (QED) is 0.711. The predicted molar refractivity (Wildman–Crippen MR) is 49.1 cm³/mol. The fourth-order valence-corrected chi connectivity index (χ4v) is 1.65. The lowest BCUT2D eigenvalue weighted by molar-refractivity contribution is 0.296. The number of hydrogen-bond acceptors (Lipinski definition) is 4. The Bertz CT molecular complexity index is 225. The smallest absolute Gasteiger partial charge is 0.133 e. The van der Waals surface area contributed by atoms with Gasteiger partial charge in [-0.15, -0.1) is 0 Å². The summed E-state index contributed by atoms with van der Waals surface area (Å²) in [5.74, 6) is 2.70. The third kappa shape index (κ3) is 3.28. The first kappa shape index (κ1) is 9.61. The molecule has 1 rings (SSSR count). The van der Waals surface area contributed by atoms with E-state index in [2.05, 4.69) is 5.16 Å². The Kier molecular flexibility index (Phi) is 4.18. The van der Waals surface area contributed by atoms with Gasteiger partial charge >= 0.3 is 0 Å². The van der Waals surface area contributed by atoms with Crippen LogP contribution < -0.4 is 0 Å². The van der Waals surface area contributed by atoms with Crippen LogP contribution in [0.5, 0.6) is 0 Å². The van der Waals surface area contributed by atoms with Crippen LogP contribution in [0.2, 0.25) is 0 Å². The number of aliphatic hydroxyl groups is 1. The summed E-state index contributed by atoms with van der Waals surface area (Å²) >= 11 is 1.76. The molecule has 0 radical (unpaired) electrons. The van der Waals surface area contributed by atoms with Gasteiger partial charge in [0.25, 0.3) is 0 Å². The van der Waals surface area contributed by atoms with E-state index in [1.807, 2.05) is 13.0 Å². The van der Waals surface area contributed by atoms with Gasteiger partial charge in [-0.05, 0) is 19.1 Å². The van der Waals surface area contributed by atoms with Crippen LogP contribution >= 0.6 is 11.8 Å². The van der Waals surface area contributed by atoms with Gasteiger partial charge in [-0.2, -0.15) is 11.8 Å². The van der Waals surface area contributed by atoms with E-state index in [9.17, 15) is 0 Å². The maximum Gasteiger partial charge on any atom is 0.133 e. The SMILES string of the molecule is Cc1cc(CSCCCO)no1. The molecule has 4 heteroatoms. The molecule has 0 aliphatic carbocycles. The molecule has 68 valence electrons. The Hall–Kier alpha value is -0.480. The minimum Gasteiger partial charge on any atom is -0.396 e. The number of aromatic nitrogens is 1. The molecule has 3 nitrogen and oxygen atoms in total. The van der Waals surface area contributed by atoms with Crippen LogP contribution in [0.4, 0.5) is 0 Å². The highest BCUT2D eigenvalue weighted by molar-refractivity contribution is 7.98. The van der Waals surface area contributed by atoms with E-state index in [1.165, 1.54) is 0 Å². The zero-order valence-corrected chi connectivity index (χ0v) is 7.93. The Labute approximate surface area is 76.1 Å². The summed E-state index contributed by atoms with van der Waals surface area (Å²) in [5.41, 5.74) is 0.982. The number of rotatable bonds is 5. The van der Waals surface area contributed by atoms with Crippen molar-refractivity contribution in [1.82, 2.24) is 5.16 Å². The second-order valence-electron chi connectivity index (χ2n) is 2.56. The normalized spacial score (nSPS) is 10.5. The van der Waals surface area contributed by atoms with Crippen molar-refractivity contribution in [2.24, 2.45) is 0 Å². The summed E-state index contributed by atoms with van der Waals surface area (Å²) in [7, 11) is 0. The molecule has 0 saturated carbocycles. The van der Waals surface area contributed by atoms with Crippen LogP contribution in [0.15, 0.2) is 10.6 Å². The van der Waals surface area contributed by atoms with Crippen molar-refractivity contribution in [3.8, 4) is 0 Å². The summed E-state index contributed by atoms with van der Waals surface area (Å²) < 4.78 is 4.91. The summed E-state index contributed by atoms with van der Waals surface area (Å²) in [6.07, 6.45) is 0.849. The molecular weight excluding hydrogens is 174 g/mol. The average molecular weight is 187 g/mol. The molecule has 0 aliphatic heterocycles. The van der Waals surface area contributed by atoms with E-state index in [-0.39, 0.29) is 6.61 Å². The van der Waals surface area contributed by atoms with Gasteiger partial charge in [-0.25, -0.2) is 0 Å². The first-order chi connectivity index (χ1) is 5.83. The second-order valence-corrected chi connectivity index (χ2v) is 3.66. The largest absolute Gasteiger partial charge is 0.396 e. The lowest BCUT2D eigenvalue weighted by Crippen LogP contribution is -1.87. The maximum absolute atomic E-state index is 8.52. The number of hydrogen-bond donors (Lipinski definition) is 1. The highest BCUT2D eigenvalue weighted by Gasteiger charge is 1.99. The Morgan fingerprint density at radius 1 is 1.67 bits per heavy atom. The third-order valence-electron chi connectivity index (χ3n) is 1.37. The summed E-state index contributed by atoms with van der Waals surface area (Å²) in [5, 5.41) is 12.4. The van der Waals surface area contributed by atoms with Crippen molar-refractivity contribution in [3.63, 3.8) is 0 Å². The predicted octanol–water partition coefficient (Wildman–Crippen LogP) is 1.60. The van der Waals surface area contributed by atoms with Crippen LogP contribution in [0.3, 0.4) is 0 Å². The van der Waals surface area contributed by atoms with Gasteiger partial charge in [0.2, 0.25) is 0 Å². The van der Waals surface area contributed by atoms with Crippen LogP contribution in [0.1, 0.15) is 17.9 Å². The van der Waals surface area contributed by atoms with E-state index < -0.39 is 0 Å². The molecule has 1 aromatic heterocycles. The minimum atomic E-state index is 0.269. The van der Waals surface area contributed by atoms with E-state index in [0.29, 0.717) is 0 Å². The zero-order valence-electron chi connectivity index (χ0n) is 7.12. The van der Waals surface area contributed by atoms with Crippen molar-refractivity contribution in [3.05, 3.63) is 17.5 Å². The topological polar surface area (TPSA) is 46.3 Å². The molecule has 0 aromatic carbocycles. The molecule has 1 N–H and O–H groups in total. The fraction of sp³-hybridized carbons (Fsp3) is 0.625. The van der Waals surface area contributed by atoms with Gasteiger partial charge in [0.05, 0.1) is 5.69 Å². The first-order valence-corrected chi connectivity index (χ1v) is 5.09. The third-order valence-corrected chi connectivity index (χ3v) is 2.45. The molecular formula is C8H13NO2S. The van der Waals surface area contributed by atoms with Gasteiger partial charge < -0.3 is 9.63 Å². The number of aryl methyl sites for hydroxylation is 1. The monoisotopic (exact) mass is 187 g/mol. The zero-order chi connectivity index (χ0) is 8.81. The van der Waals surface area contributed by atoms with Gasteiger partial charge in [0.15, 0.2) is 0 Å². The van der Waals surface area contributed by atoms with Gasteiger partial charge in [-0.1, -0.05) is 5.16 Å². The molecule has 0 atom stereocenters. The molecule has 0 fully saturated rings. The molecule has 12 heavy (non-hydrogen) atoms. The van der Waals surface area contributed by atoms with E-state index in [1.54, 1.807) is 11.8 Å². The lowest BCUT2D eigenvalue weighted by atomic mass is 10.4. The van der Waals surface area contributed by atoms with Crippen LogP contribution in [0, 0.1) is 6.92 Å². The number of thioether (sulfide) groups is 1. The van der Waals surface area contributed by atoms with Crippen LogP contribution in [-0.2, 0) is 5.75 Å². The second kappa shape index (κ2) is 5.22. The number of aliphatic hydroxyl groups excluding tert-OH is 1. The molecule has 1 aromatic rings. The van der Waals surface area contributed by atoms with Crippen LogP contribution in [-0.4, -0.2) is 22.6 Å². The fourth-order valence-electron chi connectivity index (χ4n) is 0.829. The van der Waals surface area contributed by atoms with E-state index >= 15 is 0 Å². The highest BCUT2D eigenvalue weighted by atomic mass is 32.2. The molecule has 1 heterocycles. The van der Waals surface area contributed by atoms with Crippen LogP contribution in [0.25, 0.3) is 0 Å². The number of nitrogens with zero attached hydrogens (tertiary/aromatic N) is 1. The first-order valence-electron chi connectivity index (χ1n) is 3.93. The van der Waals surface area contributed by atoms with Gasteiger partial charge in [-0.3, -0.25) is 0 Å². The molecule has 0 spiro atoms. The van der Waals surface area contributed by atoms with Crippen molar-refractivity contribution in [2.75, 3.05) is 12.4 Å². The molecule has 0 saturated heterocycles. The van der Waals surface area contributed by atoms with E-state index in [0.717, 1.165) is 29.4 Å². The summed E-state index contributed by atoms with van der Waals surface area (Å²) in [6, 6.07) is 1.94. The molecule has 0 bridgehead atoms. The highest BCUT2D eigenvalue weighted by Crippen LogP contribution is 2.12.